The average molecular weight is 315 g/mol. The Labute approximate surface area is 125 Å². The van der Waals surface area contributed by atoms with E-state index in [0.717, 1.165) is 29.9 Å². The van der Waals surface area contributed by atoms with Gasteiger partial charge in [0, 0.05) is 26.1 Å². The lowest BCUT2D eigenvalue weighted by atomic mass is 10.2. The number of benzene rings is 1. The fraction of sp³-hybridized carbons (Fsp3) is 0.429. The predicted molar refractivity (Wildman–Crippen MR) is 73.9 cm³/mol. The van der Waals surface area contributed by atoms with Gasteiger partial charge in [0.1, 0.15) is 0 Å². The van der Waals surface area contributed by atoms with Crippen molar-refractivity contribution in [1.82, 2.24) is 10.6 Å². The molecule has 0 bridgehead atoms. The quantitative estimate of drug-likeness (QED) is 0.816. The zero-order chi connectivity index (χ0) is 16.3. The summed E-state index contributed by atoms with van der Waals surface area (Å²) in [5.41, 5.74) is -0.365. The highest BCUT2D eigenvalue weighted by molar-refractivity contribution is 5.91. The van der Waals surface area contributed by atoms with Gasteiger partial charge in [0.25, 0.3) is 0 Å². The van der Waals surface area contributed by atoms with Crippen LogP contribution in [0.25, 0.3) is 0 Å². The van der Waals surface area contributed by atoms with E-state index in [9.17, 15) is 22.8 Å². The molecule has 8 heteroatoms. The van der Waals surface area contributed by atoms with Gasteiger partial charge in [-0.2, -0.15) is 0 Å². The molecule has 0 aromatic heterocycles. The summed E-state index contributed by atoms with van der Waals surface area (Å²) < 4.78 is 39.9. The number of carbonyl (C=O) groups is 2. The van der Waals surface area contributed by atoms with Crippen molar-refractivity contribution in [3.63, 3.8) is 0 Å². The molecular weight excluding hydrogens is 299 g/mol. The van der Waals surface area contributed by atoms with Crippen LogP contribution < -0.4 is 15.5 Å². The van der Waals surface area contributed by atoms with Gasteiger partial charge in [-0.15, -0.1) is 0 Å². The van der Waals surface area contributed by atoms with Gasteiger partial charge in [0.2, 0.25) is 5.91 Å². The summed E-state index contributed by atoms with van der Waals surface area (Å²) in [6.45, 7) is 1.16. The van der Waals surface area contributed by atoms with E-state index >= 15 is 0 Å². The number of halogens is 3. The highest BCUT2D eigenvalue weighted by atomic mass is 19.2. The van der Waals surface area contributed by atoms with Crippen molar-refractivity contribution in [2.24, 2.45) is 0 Å². The lowest BCUT2D eigenvalue weighted by Gasteiger charge is -2.22. The fourth-order valence-corrected chi connectivity index (χ4v) is 1.92. The number of hydrogen-bond donors (Lipinski definition) is 2. The number of urea groups is 1. The molecule has 1 aromatic carbocycles. The molecule has 1 aliphatic rings. The first-order valence-corrected chi connectivity index (χ1v) is 6.86. The molecule has 120 valence electrons. The molecule has 2 N–H and O–H groups in total. The number of amides is 3. The van der Waals surface area contributed by atoms with Crippen molar-refractivity contribution in [3.8, 4) is 0 Å². The summed E-state index contributed by atoms with van der Waals surface area (Å²) >= 11 is 0. The lowest BCUT2D eigenvalue weighted by molar-refractivity contribution is -0.116. The van der Waals surface area contributed by atoms with Crippen molar-refractivity contribution in [2.45, 2.75) is 25.8 Å². The second kappa shape index (κ2) is 6.67. The van der Waals surface area contributed by atoms with E-state index in [1.807, 2.05) is 0 Å². The SMILES string of the molecule is CC(=O)N(CCNC(=O)NC1CC1)c1ccc(F)c(F)c1F. The van der Waals surface area contributed by atoms with E-state index in [-0.39, 0.29) is 30.8 Å². The monoisotopic (exact) mass is 315 g/mol. The third-order valence-electron chi connectivity index (χ3n) is 3.22. The Hall–Kier alpha value is -2.25. The maximum Gasteiger partial charge on any atom is 0.315 e. The number of nitrogens with zero attached hydrogens (tertiary/aromatic N) is 1. The predicted octanol–water partition coefficient (Wildman–Crippen LogP) is 1.92. The molecule has 0 saturated heterocycles. The molecule has 0 radical (unpaired) electrons. The van der Waals surface area contributed by atoms with Crippen molar-refractivity contribution in [2.75, 3.05) is 18.0 Å². The van der Waals surface area contributed by atoms with Crippen molar-refractivity contribution in [3.05, 3.63) is 29.6 Å². The lowest BCUT2D eigenvalue weighted by Crippen LogP contribution is -2.42. The molecule has 0 spiro atoms. The fourth-order valence-electron chi connectivity index (χ4n) is 1.92. The summed E-state index contributed by atoms with van der Waals surface area (Å²) in [5, 5.41) is 5.21. The van der Waals surface area contributed by atoms with E-state index in [4.69, 9.17) is 0 Å². The Kier molecular flexibility index (Phi) is 4.89. The van der Waals surface area contributed by atoms with Crippen molar-refractivity contribution >= 4 is 17.6 Å². The largest absolute Gasteiger partial charge is 0.336 e. The Morgan fingerprint density at radius 2 is 1.91 bits per heavy atom. The van der Waals surface area contributed by atoms with E-state index in [0.29, 0.717) is 0 Å². The molecule has 0 aliphatic heterocycles. The van der Waals surface area contributed by atoms with Crippen LogP contribution in [-0.2, 0) is 4.79 Å². The zero-order valence-electron chi connectivity index (χ0n) is 12.0. The Morgan fingerprint density at radius 1 is 1.23 bits per heavy atom. The number of nitrogens with one attached hydrogen (secondary N) is 2. The second-order valence-corrected chi connectivity index (χ2v) is 5.04. The molecule has 0 unspecified atom stereocenters. The normalized spacial score (nSPS) is 13.6. The van der Waals surface area contributed by atoms with Gasteiger partial charge in [-0.05, 0) is 25.0 Å². The van der Waals surface area contributed by atoms with Crippen LogP contribution in [-0.4, -0.2) is 31.1 Å². The minimum Gasteiger partial charge on any atom is -0.336 e. The maximum atomic E-state index is 13.7. The summed E-state index contributed by atoms with van der Waals surface area (Å²) in [6.07, 6.45) is 1.88. The molecule has 1 fully saturated rings. The van der Waals surface area contributed by atoms with E-state index < -0.39 is 23.4 Å². The van der Waals surface area contributed by atoms with Gasteiger partial charge >= 0.3 is 6.03 Å². The van der Waals surface area contributed by atoms with Gasteiger partial charge in [0.05, 0.1) is 5.69 Å². The van der Waals surface area contributed by atoms with Crippen LogP contribution in [0.4, 0.5) is 23.7 Å². The molecule has 0 heterocycles. The minimum absolute atomic E-state index is 0.0522. The highest BCUT2D eigenvalue weighted by Gasteiger charge is 2.24. The number of hydrogen-bond acceptors (Lipinski definition) is 2. The highest BCUT2D eigenvalue weighted by Crippen LogP contribution is 2.23. The van der Waals surface area contributed by atoms with Crippen LogP contribution in [0.5, 0.6) is 0 Å². The first-order chi connectivity index (χ1) is 10.4. The standard InChI is InChI=1S/C14H16F3N3O2/c1-8(21)20(7-6-18-14(22)19-9-2-3-9)11-5-4-10(15)12(16)13(11)17/h4-5,9H,2-3,6-7H2,1H3,(H2,18,19,22). The van der Waals surface area contributed by atoms with Crippen LogP contribution in [0.15, 0.2) is 12.1 Å². The maximum absolute atomic E-state index is 13.7. The van der Waals surface area contributed by atoms with Crippen LogP contribution in [0.2, 0.25) is 0 Å². The second-order valence-electron chi connectivity index (χ2n) is 5.04. The molecule has 5 nitrogen and oxygen atoms in total. The Balaban J connectivity index is 1.99. The molecular formula is C14H16F3N3O2. The van der Waals surface area contributed by atoms with E-state index in [2.05, 4.69) is 10.6 Å². The molecule has 3 amide bonds. The van der Waals surface area contributed by atoms with Gasteiger partial charge in [0.15, 0.2) is 17.5 Å². The van der Waals surface area contributed by atoms with Gasteiger partial charge in [-0.3, -0.25) is 4.79 Å². The summed E-state index contributed by atoms with van der Waals surface area (Å²) in [5.74, 6) is -4.94. The first-order valence-electron chi connectivity index (χ1n) is 6.86. The van der Waals surface area contributed by atoms with Gasteiger partial charge in [-0.25, -0.2) is 18.0 Å². The van der Waals surface area contributed by atoms with E-state index in [1.54, 1.807) is 0 Å². The first kappa shape index (κ1) is 16.1. The summed E-state index contributed by atoms with van der Waals surface area (Å²) in [7, 11) is 0. The Morgan fingerprint density at radius 3 is 2.50 bits per heavy atom. The number of rotatable bonds is 5. The van der Waals surface area contributed by atoms with Gasteiger partial charge in [-0.1, -0.05) is 0 Å². The number of anilines is 1. The summed E-state index contributed by atoms with van der Waals surface area (Å²) in [4.78, 5) is 23.9. The zero-order valence-corrected chi connectivity index (χ0v) is 12.0. The summed E-state index contributed by atoms with van der Waals surface area (Å²) in [6, 6.07) is 1.54. The van der Waals surface area contributed by atoms with Crippen molar-refractivity contribution < 1.29 is 22.8 Å². The topological polar surface area (TPSA) is 61.4 Å². The minimum atomic E-state index is -1.64. The molecule has 1 aromatic rings. The third kappa shape index (κ3) is 3.90. The van der Waals surface area contributed by atoms with Crippen LogP contribution in [0.1, 0.15) is 19.8 Å². The van der Waals surface area contributed by atoms with E-state index in [1.165, 1.54) is 6.92 Å². The molecule has 1 saturated carbocycles. The molecule has 22 heavy (non-hydrogen) atoms. The smallest absolute Gasteiger partial charge is 0.315 e. The van der Waals surface area contributed by atoms with Crippen LogP contribution in [0, 0.1) is 17.5 Å². The Bertz CT molecular complexity index is 591. The third-order valence-corrected chi connectivity index (χ3v) is 3.22. The number of carbonyl (C=O) groups excluding carboxylic acids is 2. The average Bonchev–Trinajstić information content (AvgIpc) is 3.26. The molecule has 2 rings (SSSR count). The van der Waals surface area contributed by atoms with Crippen LogP contribution in [0.3, 0.4) is 0 Å². The molecule has 0 atom stereocenters. The van der Waals surface area contributed by atoms with Gasteiger partial charge < -0.3 is 15.5 Å². The molecule has 1 aliphatic carbocycles. The van der Waals surface area contributed by atoms with Crippen molar-refractivity contribution in [1.29, 1.82) is 0 Å². The van der Waals surface area contributed by atoms with Crippen LogP contribution >= 0.6 is 0 Å².